The van der Waals surface area contributed by atoms with Crippen LogP contribution in [0.2, 0.25) is 0 Å². The van der Waals surface area contributed by atoms with Crippen LogP contribution in [0.4, 0.5) is 0 Å². The summed E-state index contributed by atoms with van der Waals surface area (Å²) in [6.07, 6.45) is 12.7. The largest absolute Gasteiger partial charge is 0.103 e. The molecule has 0 aromatic carbocycles. The quantitative estimate of drug-likeness (QED) is 0.548. The van der Waals surface area contributed by atoms with Crippen molar-refractivity contribution >= 4 is 0 Å². The zero-order chi connectivity index (χ0) is 10.8. The van der Waals surface area contributed by atoms with Gasteiger partial charge in [-0.15, -0.1) is 6.58 Å². The van der Waals surface area contributed by atoms with Crippen LogP contribution < -0.4 is 0 Å². The monoisotopic (exact) mass is 192 g/mol. The van der Waals surface area contributed by atoms with E-state index >= 15 is 0 Å². The molecule has 0 heteroatoms. The first-order valence-corrected chi connectivity index (χ1v) is 5.86. The van der Waals surface area contributed by atoms with Crippen LogP contribution in [0.25, 0.3) is 0 Å². The lowest BCUT2D eigenvalue weighted by atomic mass is 10.1. The molecule has 0 unspecified atom stereocenters. The molecule has 1 aliphatic rings. The summed E-state index contributed by atoms with van der Waals surface area (Å²) in [5, 5.41) is 0. The summed E-state index contributed by atoms with van der Waals surface area (Å²) >= 11 is 0. The third kappa shape index (κ3) is 4.45. The summed E-state index contributed by atoms with van der Waals surface area (Å²) in [5.74, 6) is 0. The Labute approximate surface area is 89.4 Å². The predicted octanol–water partition coefficient (Wildman–Crippen LogP) is 5.04. The van der Waals surface area contributed by atoms with Crippen molar-refractivity contribution in [1.82, 2.24) is 0 Å². The smallest absolute Gasteiger partial charge is 0.0136 e. The van der Waals surface area contributed by atoms with Crippen LogP contribution in [0, 0.1) is 0 Å². The van der Waals surface area contributed by atoms with E-state index in [2.05, 4.69) is 25.7 Å². The van der Waals surface area contributed by atoms with Crippen LogP contribution in [0.5, 0.6) is 0 Å². The van der Waals surface area contributed by atoms with Gasteiger partial charge in [-0.2, -0.15) is 0 Å². The molecule has 0 amide bonds. The normalized spacial score (nSPS) is 15.6. The molecule has 0 atom stereocenters. The van der Waals surface area contributed by atoms with Crippen LogP contribution in [-0.2, 0) is 0 Å². The van der Waals surface area contributed by atoms with E-state index < -0.39 is 0 Å². The molecule has 0 bridgehead atoms. The van der Waals surface area contributed by atoms with Gasteiger partial charge in [0, 0.05) is 0 Å². The van der Waals surface area contributed by atoms with Crippen LogP contribution in [0.1, 0.15) is 52.9 Å². The molecule has 14 heavy (non-hydrogen) atoms. The molecule has 1 rings (SSSR count). The van der Waals surface area contributed by atoms with E-state index in [0.717, 1.165) is 12.8 Å². The minimum Gasteiger partial charge on any atom is -0.103 e. The molecule has 0 aromatic rings. The van der Waals surface area contributed by atoms with Crippen LogP contribution in [0.3, 0.4) is 0 Å². The second kappa shape index (κ2) is 8.80. The van der Waals surface area contributed by atoms with Gasteiger partial charge in [0.1, 0.15) is 0 Å². The van der Waals surface area contributed by atoms with Crippen molar-refractivity contribution < 1.29 is 0 Å². The molecule has 0 spiro atoms. The van der Waals surface area contributed by atoms with E-state index in [1.165, 1.54) is 19.3 Å². The van der Waals surface area contributed by atoms with E-state index in [1.807, 2.05) is 19.9 Å². The Morgan fingerprint density at radius 3 is 2.57 bits per heavy atom. The number of hydrogen-bond donors (Lipinski definition) is 0. The summed E-state index contributed by atoms with van der Waals surface area (Å²) < 4.78 is 0. The van der Waals surface area contributed by atoms with Crippen molar-refractivity contribution in [2.75, 3.05) is 0 Å². The van der Waals surface area contributed by atoms with Crippen LogP contribution >= 0.6 is 0 Å². The Bertz CT molecular complexity index is 206. The zero-order valence-electron chi connectivity index (χ0n) is 9.97. The lowest BCUT2D eigenvalue weighted by molar-refractivity contribution is 0.888. The van der Waals surface area contributed by atoms with Gasteiger partial charge < -0.3 is 0 Å². The van der Waals surface area contributed by atoms with E-state index in [0.29, 0.717) is 0 Å². The van der Waals surface area contributed by atoms with Crippen molar-refractivity contribution in [3.8, 4) is 0 Å². The fourth-order valence-corrected chi connectivity index (χ4v) is 1.70. The van der Waals surface area contributed by atoms with Gasteiger partial charge in [-0.3, -0.25) is 0 Å². The molecule has 1 aliphatic carbocycles. The third-order valence-electron chi connectivity index (χ3n) is 2.32. The summed E-state index contributed by atoms with van der Waals surface area (Å²) in [6.45, 7) is 9.96. The highest BCUT2D eigenvalue weighted by molar-refractivity contribution is 5.30. The van der Waals surface area contributed by atoms with Crippen molar-refractivity contribution in [1.29, 1.82) is 0 Å². The first kappa shape index (κ1) is 13.2. The lowest BCUT2D eigenvalue weighted by Crippen LogP contribution is -1.78. The SMILES string of the molecule is C=CCC1=C(/C=C\CC)CCC1.CC. The average Bonchev–Trinajstić information content (AvgIpc) is 2.66. The molecule has 0 aromatic heterocycles. The van der Waals surface area contributed by atoms with Crippen molar-refractivity contribution in [3.63, 3.8) is 0 Å². The second-order valence-electron chi connectivity index (χ2n) is 3.29. The summed E-state index contributed by atoms with van der Waals surface area (Å²) in [7, 11) is 0. The van der Waals surface area contributed by atoms with Gasteiger partial charge in [-0.1, -0.05) is 44.6 Å². The molecule has 0 saturated heterocycles. The fraction of sp³-hybridized carbons (Fsp3) is 0.571. The number of hydrogen-bond acceptors (Lipinski definition) is 0. The summed E-state index contributed by atoms with van der Waals surface area (Å²) in [5.41, 5.74) is 3.17. The van der Waals surface area contributed by atoms with Gasteiger partial charge >= 0.3 is 0 Å². The van der Waals surface area contributed by atoms with Gasteiger partial charge in [0.05, 0.1) is 0 Å². The second-order valence-corrected chi connectivity index (χ2v) is 3.29. The van der Waals surface area contributed by atoms with E-state index in [1.54, 1.807) is 11.1 Å². The first-order chi connectivity index (χ1) is 6.88. The molecule has 0 N–H and O–H groups in total. The maximum atomic E-state index is 3.78. The van der Waals surface area contributed by atoms with Crippen molar-refractivity contribution in [2.24, 2.45) is 0 Å². The molecular weight excluding hydrogens is 168 g/mol. The minimum atomic E-state index is 1.09. The molecular formula is C14H24. The highest BCUT2D eigenvalue weighted by atomic mass is 14.1. The van der Waals surface area contributed by atoms with Gasteiger partial charge in [0.2, 0.25) is 0 Å². The van der Waals surface area contributed by atoms with Gasteiger partial charge in [-0.25, -0.2) is 0 Å². The third-order valence-corrected chi connectivity index (χ3v) is 2.32. The highest BCUT2D eigenvalue weighted by Gasteiger charge is 2.09. The molecule has 0 radical (unpaired) electrons. The van der Waals surface area contributed by atoms with Crippen molar-refractivity contribution in [2.45, 2.75) is 52.9 Å². The molecule has 0 aliphatic heterocycles. The molecule has 0 fully saturated rings. The Hall–Kier alpha value is -0.780. The first-order valence-electron chi connectivity index (χ1n) is 5.86. The van der Waals surface area contributed by atoms with E-state index in [4.69, 9.17) is 0 Å². The maximum absolute atomic E-state index is 3.78. The highest BCUT2D eigenvalue weighted by Crippen LogP contribution is 2.29. The average molecular weight is 192 g/mol. The van der Waals surface area contributed by atoms with Crippen LogP contribution in [0.15, 0.2) is 36.0 Å². The van der Waals surface area contributed by atoms with E-state index in [9.17, 15) is 0 Å². The van der Waals surface area contributed by atoms with E-state index in [-0.39, 0.29) is 0 Å². The van der Waals surface area contributed by atoms with Crippen LogP contribution in [-0.4, -0.2) is 0 Å². The molecule has 0 heterocycles. The Morgan fingerprint density at radius 1 is 1.29 bits per heavy atom. The Kier molecular flexibility index (Phi) is 8.31. The van der Waals surface area contributed by atoms with Gasteiger partial charge in [-0.05, 0) is 37.7 Å². The van der Waals surface area contributed by atoms with Gasteiger partial charge in [0.25, 0.3) is 0 Å². The molecule has 80 valence electrons. The zero-order valence-corrected chi connectivity index (χ0v) is 9.97. The standard InChI is InChI=1S/C12H18.C2H6/c1-3-5-8-12-10-6-9-11(12)7-4-2;1-2/h4-5,8H,2-3,6-7,9-10H2,1H3;1-2H3/b8-5-;. The molecule has 0 nitrogen and oxygen atoms in total. The lowest BCUT2D eigenvalue weighted by Gasteiger charge is -1.98. The Morgan fingerprint density at radius 2 is 2.00 bits per heavy atom. The predicted molar refractivity (Wildman–Crippen MR) is 66.5 cm³/mol. The fourth-order valence-electron chi connectivity index (χ4n) is 1.70. The topological polar surface area (TPSA) is 0 Å². The van der Waals surface area contributed by atoms with Crippen molar-refractivity contribution in [3.05, 3.63) is 36.0 Å². The minimum absolute atomic E-state index is 1.09. The molecule has 0 saturated carbocycles. The van der Waals surface area contributed by atoms with Gasteiger partial charge in [0.15, 0.2) is 0 Å². The number of allylic oxidation sites excluding steroid dienone is 5. The Balaban J connectivity index is 0.000000791. The number of rotatable bonds is 4. The maximum Gasteiger partial charge on any atom is -0.0136 e. The summed E-state index contributed by atoms with van der Waals surface area (Å²) in [6, 6.07) is 0. The summed E-state index contributed by atoms with van der Waals surface area (Å²) in [4.78, 5) is 0.